The number of carbonyl (C=O) groups excluding carboxylic acids is 1. The van der Waals surface area contributed by atoms with Gasteiger partial charge in [0.2, 0.25) is 0 Å². The molecule has 0 amide bonds. The summed E-state index contributed by atoms with van der Waals surface area (Å²) in [5, 5.41) is 20.0. The minimum Gasteiger partial charge on any atom is -0.481 e. The van der Waals surface area contributed by atoms with Crippen molar-refractivity contribution < 1.29 is 24.6 Å². The SMILES string of the molecule is O=C(O)CC[C@@H](NCC(=O)c1ccccc1)C(=O)O. The van der Waals surface area contributed by atoms with E-state index in [1.165, 1.54) is 0 Å². The van der Waals surface area contributed by atoms with Crippen LogP contribution in [0.15, 0.2) is 30.3 Å². The van der Waals surface area contributed by atoms with Crippen LogP contribution in [0.1, 0.15) is 23.2 Å². The quantitative estimate of drug-likeness (QED) is 0.600. The van der Waals surface area contributed by atoms with E-state index in [4.69, 9.17) is 10.2 Å². The van der Waals surface area contributed by atoms with Crippen molar-refractivity contribution >= 4 is 17.7 Å². The monoisotopic (exact) mass is 265 g/mol. The van der Waals surface area contributed by atoms with E-state index in [1.54, 1.807) is 30.3 Å². The highest BCUT2D eigenvalue weighted by molar-refractivity contribution is 5.97. The fraction of sp³-hybridized carbons (Fsp3) is 0.308. The molecule has 3 N–H and O–H groups in total. The minimum absolute atomic E-state index is 0.0628. The molecule has 0 spiro atoms. The first-order chi connectivity index (χ1) is 9.00. The number of hydrogen-bond acceptors (Lipinski definition) is 4. The molecule has 1 atom stereocenters. The molecule has 1 rings (SSSR count). The molecule has 0 aliphatic heterocycles. The van der Waals surface area contributed by atoms with Gasteiger partial charge in [-0.05, 0) is 6.42 Å². The topological polar surface area (TPSA) is 104 Å². The van der Waals surface area contributed by atoms with Crippen molar-refractivity contribution in [3.63, 3.8) is 0 Å². The lowest BCUT2D eigenvalue weighted by Crippen LogP contribution is -2.40. The van der Waals surface area contributed by atoms with Gasteiger partial charge in [-0.25, -0.2) is 0 Å². The molecule has 102 valence electrons. The second-order valence-corrected chi connectivity index (χ2v) is 3.99. The maximum Gasteiger partial charge on any atom is 0.320 e. The molecule has 0 fully saturated rings. The Kier molecular flexibility index (Phi) is 5.69. The Morgan fingerprint density at radius 3 is 2.26 bits per heavy atom. The number of rotatable bonds is 8. The molecule has 0 aliphatic carbocycles. The van der Waals surface area contributed by atoms with E-state index in [0.29, 0.717) is 5.56 Å². The maximum absolute atomic E-state index is 11.7. The van der Waals surface area contributed by atoms with Gasteiger partial charge in [0.25, 0.3) is 0 Å². The molecule has 0 radical (unpaired) electrons. The molecule has 19 heavy (non-hydrogen) atoms. The van der Waals surface area contributed by atoms with Gasteiger partial charge in [0.1, 0.15) is 6.04 Å². The molecular formula is C13H15NO5. The summed E-state index contributed by atoms with van der Waals surface area (Å²) in [6, 6.07) is 7.44. The van der Waals surface area contributed by atoms with E-state index in [-0.39, 0.29) is 25.2 Å². The average Bonchev–Trinajstić information content (AvgIpc) is 2.38. The van der Waals surface area contributed by atoms with Crippen molar-refractivity contribution in [2.75, 3.05) is 6.54 Å². The molecule has 0 saturated heterocycles. The molecule has 0 heterocycles. The van der Waals surface area contributed by atoms with Crippen LogP contribution < -0.4 is 5.32 Å². The Morgan fingerprint density at radius 1 is 1.11 bits per heavy atom. The standard InChI is InChI=1S/C13H15NO5/c15-11(9-4-2-1-3-5-9)8-14-10(13(18)19)6-7-12(16)17/h1-5,10,14H,6-8H2,(H,16,17)(H,18,19)/t10-/m1/s1. The highest BCUT2D eigenvalue weighted by Gasteiger charge is 2.19. The molecule has 1 aromatic rings. The number of Topliss-reactive ketones (excluding diaryl/α,β-unsaturated/α-hetero) is 1. The zero-order valence-corrected chi connectivity index (χ0v) is 10.2. The fourth-order valence-electron chi connectivity index (χ4n) is 1.52. The van der Waals surface area contributed by atoms with Gasteiger partial charge in [-0.2, -0.15) is 0 Å². The molecular weight excluding hydrogens is 250 g/mol. The van der Waals surface area contributed by atoms with Gasteiger partial charge in [-0.15, -0.1) is 0 Å². The van der Waals surface area contributed by atoms with E-state index >= 15 is 0 Å². The van der Waals surface area contributed by atoms with Crippen molar-refractivity contribution in [2.24, 2.45) is 0 Å². The molecule has 1 aromatic carbocycles. The lowest BCUT2D eigenvalue weighted by atomic mass is 10.1. The maximum atomic E-state index is 11.7. The Morgan fingerprint density at radius 2 is 1.74 bits per heavy atom. The summed E-state index contributed by atoms with van der Waals surface area (Å²) in [6.45, 7) is -0.138. The Labute approximate surface area is 110 Å². The van der Waals surface area contributed by atoms with E-state index in [2.05, 4.69) is 5.32 Å². The summed E-state index contributed by atoms with van der Waals surface area (Å²) in [5.74, 6) is -2.47. The number of benzene rings is 1. The van der Waals surface area contributed by atoms with Crippen LogP contribution in [-0.2, 0) is 9.59 Å². The number of carbonyl (C=O) groups is 3. The number of hydrogen-bond donors (Lipinski definition) is 3. The predicted molar refractivity (Wildman–Crippen MR) is 67.1 cm³/mol. The Balaban J connectivity index is 2.50. The van der Waals surface area contributed by atoms with Crippen LogP contribution >= 0.6 is 0 Å². The number of carboxylic acid groups (broad SMARTS) is 2. The van der Waals surface area contributed by atoms with Crippen molar-refractivity contribution in [1.82, 2.24) is 5.32 Å². The second kappa shape index (κ2) is 7.27. The average molecular weight is 265 g/mol. The summed E-state index contributed by atoms with van der Waals surface area (Å²) in [7, 11) is 0. The van der Waals surface area contributed by atoms with Crippen LogP contribution in [0.4, 0.5) is 0 Å². The summed E-state index contributed by atoms with van der Waals surface area (Å²) in [6.07, 6.45) is -0.323. The third kappa shape index (κ3) is 5.31. The predicted octanol–water partition coefficient (Wildman–Crippen LogP) is 0.777. The first kappa shape index (κ1) is 14.8. The van der Waals surface area contributed by atoms with Gasteiger partial charge in [0, 0.05) is 12.0 Å². The Bertz CT molecular complexity index is 457. The summed E-state index contributed by atoms with van der Waals surface area (Å²) < 4.78 is 0. The van der Waals surface area contributed by atoms with Gasteiger partial charge < -0.3 is 10.2 Å². The van der Waals surface area contributed by atoms with Crippen LogP contribution in [0.2, 0.25) is 0 Å². The van der Waals surface area contributed by atoms with Gasteiger partial charge in [-0.1, -0.05) is 30.3 Å². The molecule has 0 unspecified atom stereocenters. The van der Waals surface area contributed by atoms with Crippen LogP contribution in [0.25, 0.3) is 0 Å². The fourth-order valence-corrected chi connectivity index (χ4v) is 1.52. The lowest BCUT2D eigenvalue weighted by Gasteiger charge is -2.12. The molecule has 0 aliphatic rings. The van der Waals surface area contributed by atoms with Crippen molar-refractivity contribution in [1.29, 1.82) is 0 Å². The van der Waals surface area contributed by atoms with Gasteiger partial charge in [-0.3, -0.25) is 19.7 Å². The van der Waals surface area contributed by atoms with Crippen LogP contribution in [0.5, 0.6) is 0 Å². The molecule has 6 heteroatoms. The van der Waals surface area contributed by atoms with Crippen molar-refractivity contribution in [3.05, 3.63) is 35.9 Å². The third-order valence-corrected chi connectivity index (χ3v) is 2.55. The summed E-state index contributed by atoms with van der Waals surface area (Å²) in [5.41, 5.74) is 0.484. The second-order valence-electron chi connectivity index (χ2n) is 3.99. The van der Waals surface area contributed by atoms with E-state index in [0.717, 1.165) is 0 Å². The van der Waals surface area contributed by atoms with E-state index < -0.39 is 18.0 Å². The van der Waals surface area contributed by atoms with Crippen LogP contribution in [0.3, 0.4) is 0 Å². The molecule has 6 nitrogen and oxygen atoms in total. The van der Waals surface area contributed by atoms with E-state index in [1.807, 2.05) is 0 Å². The van der Waals surface area contributed by atoms with Crippen LogP contribution in [-0.4, -0.2) is 40.5 Å². The molecule has 0 saturated carbocycles. The highest BCUT2D eigenvalue weighted by atomic mass is 16.4. The first-order valence-electron chi connectivity index (χ1n) is 5.77. The van der Waals surface area contributed by atoms with Crippen molar-refractivity contribution in [3.8, 4) is 0 Å². The lowest BCUT2D eigenvalue weighted by molar-refractivity contribution is -0.140. The number of carboxylic acids is 2. The Hall–Kier alpha value is -2.21. The number of nitrogens with one attached hydrogen (secondary N) is 1. The number of aliphatic carboxylic acids is 2. The molecule has 0 bridgehead atoms. The summed E-state index contributed by atoms with van der Waals surface area (Å²) >= 11 is 0. The minimum atomic E-state index is -1.16. The van der Waals surface area contributed by atoms with Crippen LogP contribution in [0, 0.1) is 0 Å². The van der Waals surface area contributed by atoms with Gasteiger partial charge in [0.05, 0.1) is 6.54 Å². The van der Waals surface area contributed by atoms with Crippen molar-refractivity contribution in [2.45, 2.75) is 18.9 Å². The zero-order valence-electron chi connectivity index (χ0n) is 10.2. The first-order valence-corrected chi connectivity index (χ1v) is 5.77. The smallest absolute Gasteiger partial charge is 0.320 e. The van der Waals surface area contributed by atoms with E-state index in [9.17, 15) is 14.4 Å². The molecule has 0 aromatic heterocycles. The highest BCUT2D eigenvalue weighted by Crippen LogP contribution is 2.01. The largest absolute Gasteiger partial charge is 0.481 e. The summed E-state index contributed by atoms with van der Waals surface area (Å²) in [4.78, 5) is 33.0. The zero-order chi connectivity index (χ0) is 14.3. The van der Waals surface area contributed by atoms with Gasteiger partial charge in [0.15, 0.2) is 5.78 Å². The van der Waals surface area contributed by atoms with Gasteiger partial charge >= 0.3 is 11.9 Å². The number of ketones is 1. The normalized spacial score (nSPS) is 11.8. The third-order valence-electron chi connectivity index (χ3n) is 2.55.